The molecule has 2 aliphatic heterocycles. The van der Waals surface area contributed by atoms with E-state index in [4.69, 9.17) is 4.74 Å². The third kappa shape index (κ3) is 5.76. The van der Waals surface area contributed by atoms with Gasteiger partial charge in [-0.25, -0.2) is 9.97 Å². The molecule has 0 radical (unpaired) electrons. The molecule has 1 amide bonds. The molecule has 2 aromatic rings. The molecular formula is C23H30N4O2. The summed E-state index contributed by atoms with van der Waals surface area (Å²) in [6.45, 7) is 5.09. The van der Waals surface area contributed by atoms with Gasteiger partial charge in [0.2, 0.25) is 5.91 Å². The van der Waals surface area contributed by atoms with Crippen molar-refractivity contribution in [2.24, 2.45) is 5.92 Å². The fraction of sp³-hybridized carbons (Fsp3) is 0.522. The summed E-state index contributed by atoms with van der Waals surface area (Å²) in [5.74, 6) is 1.74. The Bertz CT molecular complexity index is 775. The maximum Gasteiger partial charge on any atom is 0.321 e. The van der Waals surface area contributed by atoms with E-state index in [-0.39, 0.29) is 0 Å². The van der Waals surface area contributed by atoms with Gasteiger partial charge in [-0.05, 0) is 68.3 Å². The summed E-state index contributed by atoms with van der Waals surface area (Å²) >= 11 is 0. The van der Waals surface area contributed by atoms with Crippen molar-refractivity contribution >= 4 is 5.91 Å². The number of likely N-dealkylation sites (tertiary alicyclic amines) is 2. The predicted molar refractivity (Wildman–Crippen MR) is 112 cm³/mol. The monoisotopic (exact) mass is 394 g/mol. The normalized spacial score (nSPS) is 20.0. The van der Waals surface area contributed by atoms with Crippen molar-refractivity contribution in [3.63, 3.8) is 0 Å². The number of ether oxygens (including phenoxy) is 1. The Kier molecular flexibility index (Phi) is 6.72. The molecule has 2 fully saturated rings. The molecule has 3 heterocycles. The van der Waals surface area contributed by atoms with E-state index in [2.05, 4.69) is 27.0 Å². The molecule has 0 aliphatic carbocycles. The van der Waals surface area contributed by atoms with Crippen molar-refractivity contribution in [1.82, 2.24) is 19.8 Å². The summed E-state index contributed by atoms with van der Waals surface area (Å²) in [5, 5.41) is 0. The molecule has 154 valence electrons. The Balaban J connectivity index is 1.24. The first kappa shape index (κ1) is 19.8. The van der Waals surface area contributed by atoms with Crippen LogP contribution in [-0.2, 0) is 11.3 Å². The topological polar surface area (TPSA) is 58.6 Å². The first-order valence-electron chi connectivity index (χ1n) is 10.8. The lowest BCUT2D eigenvalue weighted by Crippen LogP contribution is -2.35. The van der Waals surface area contributed by atoms with Crippen LogP contribution in [0.5, 0.6) is 11.8 Å². The molecule has 0 saturated carbocycles. The number of hydrogen-bond donors (Lipinski definition) is 0. The average Bonchev–Trinajstić information content (AvgIpc) is 3.30. The van der Waals surface area contributed by atoms with E-state index in [1.54, 1.807) is 18.5 Å². The number of carbonyl (C=O) groups is 1. The summed E-state index contributed by atoms with van der Waals surface area (Å²) in [6.07, 6.45) is 9.88. The molecule has 2 aliphatic rings. The van der Waals surface area contributed by atoms with Crippen LogP contribution in [0.1, 0.15) is 44.1 Å². The van der Waals surface area contributed by atoms with Gasteiger partial charge >= 0.3 is 6.01 Å². The molecule has 0 spiro atoms. The zero-order chi connectivity index (χ0) is 19.9. The van der Waals surface area contributed by atoms with Crippen LogP contribution in [0.2, 0.25) is 0 Å². The Morgan fingerprint density at radius 2 is 1.79 bits per heavy atom. The van der Waals surface area contributed by atoms with Crippen LogP contribution in [-0.4, -0.2) is 51.9 Å². The van der Waals surface area contributed by atoms with Gasteiger partial charge in [0.15, 0.2) is 0 Å². The lowest BCUT2D eigenvalue weighted by Gasteiger charge is -2.33. The summed E-state index contributed by atoms with van der Waals surface area (Å²) in [5.41, 5.74) is 1.28. The predicted octanol–water partition coefficient (Wildman–Crippen LogP) is 3.88. The van der Waals surface area contributed by atoms with Crippen molar-refractivity contribution in [2.75, 3.05) is 26.2 Å². The zero-order valence-electron chi connectivity index (χ0n) is 17.0. The number of benzene rings is 1. The van der Waals surface area contributed by atoms with Gasteiger partial charge in [0.05, 0.1) is 0 Å². The summed E-state index contributed by atoms with van der Waals surface area (Å²) in [4.78, 5) is 25.0. The van der Waals surface area contributed by atoms with Crippen LogP contribution in [0.4, 0.5) is 0 Å². The fourth-order valence-corrected chi connectivity index (χ4v) is 4.35. The second-order valence-electron chi connectivity index (χ2n) is 8.15. The maximum absolute atomic E-state index is 12.3. The Morgan fingerprint density at radius 3 is 2.55 bits per heavy atom. The minimum atomic E-state index is 0.359. The van der Waals surface area contributed by atoms with E-state index in [9.17, 15) is 4.79 Å². The molecule has 0 unspecified atom stereocenters. The largest absolute Gasteiger partial charge is 0.424 e. The van der Waals surface area contributed by atoms with E-state index in [0.29, 0.717) is 24.3 Å². The van der Waals surface area contributed by atoms with Crippen LogP contribution < -0.4 is 4.74 Å². The van der Waals surface area contributed by atoms with Gasteiger partial charge in [0.25, 0.3) is 0 Å². The van der Waals surface area contributed by atoms with Crippen LogP contribution in [0, 0.1) is 5.92 Å². The number of carbonyl (C=O) groups excluding carboxylic acids is 1. The van der Waals surface area contributed by atoms with Crippen LogP contribution >= 0.6 is 0 Å². The molecular weight excluding hydrogens is 364 g/mol. The van der Waals surface area contributed by atoms with Crippen molar-refractivity contribution in [1.29, 1.82) is 0 Å². The molecule has 0 bridgehead atoms. The highest BCUT2D eigenvalue weighted by Crippen LogP contribution is 2.24. The van der Waals surface area contributed by atoms with Gasteiger partial charge in [0, 0.05) is 45.0 Å². The number of aromatic nitrogens is 2. The van der Waals surface area contributed by atoms with E-state index in [1.165, 1.54) is 31.2 Å². The van der Waals surface area contributed by atoms with Gasteiger partial charge in [-0.2, -0.15) is 0 Å². The van der Waals surface area contributed by atoms with Gasteiger partial charge in [-0.3, -0.25) is 9.69 Å². The molecule has 29 heavy (non-hydrogen) atoms. The van der Waals surface area contributed by atoms with Crippen LogP contribution in [0.3, 0.4) is 0 Å². The van der Waals surface area contributed by atoms with E-state index >= 15 is 0 Å². The SMILES string of the molecule is O=C(CC[C@H]1CCCN(Cc2ccc(Oc3ncccn3)cc2)C1)N1CCCC1. The molecule has 0 N–H and O–H groups in total. The average molecular weight is 395 g/mol. The fourth-order valence-electron chi connectivity index (χ4n) is 4.35. The summed E-state index contributed by atoms with van der Waals surface area (Å²) in [6, 6.07) is 10.3. The lowest BCUT2D eigenvalue weighted by atomic mass is 9.93. The minimum absolute atomic E-state index is 0.359. The van der Waals surface area contributed by atoms with E-state index in [1.807, 2.05) is 17.0 Å². The third-order valence-electron chi connectivity index (χ3n) is 5.91. The highest BCUT2D eigenvalue weighted by Gasteiger charge is 2.23. The molecule has 6 heteroatoms. The first-order chi connectivity index (χ1) is 14.3. The number of piperidine rings is 1. The molecule has 4 rings (SSSR count). The number of amides is 1. The van der Waals surface area contributed by atoms with Crippen LogP contribution in [0.15, 0.2) is 42.7 Å². The standard InChI is InChI=1S/C23H30N4O2/c28-22(27-15-1-2-16-27)11-8-19-5-3-14-26(17-19)18-20-6-9-21(10-7-20)29-23-24-12-4-13-25-23/h4,6-7,9-10,12-13,19H,1-3,5,8,11,14-18H2/t19-/m1/s1. The molecule has 2 saturated heterocycles. The first-order valence-corrected chi connectivity index (χ1v) is 10.8. The van der Waals surface area contributed by atoms with Gasteiger partial charge in [-0.1, -0.05) is 12.1 Å². The van der Waals surface area contributed by atoms with Crippen molar-refractivity contribution in [3.05, 3.63) is 48.3 Å². The van der Waals surface area contributed by atoms with E-state index in [0.717, 1.165) is 44.9 Å². The van der Waals surface area contributed by atoms with Crippen LogP contribution in [0.25, 0.3) is 0 Å². The maximum atomic E-state index is 12.3. The minimum Gasteiger partial charge on any atom is -0.424 e. The highest BCUT2D eigenvalue weighted by molar-refractivity contribution is 5.76. The van der Waals surface area contributed by atoms with Crippen molar-refractivity contribution in [2.45, 2.75) is 45.1 Å². The quantitative estimate of drug-likeness (QED) is 0.713. The molecule has 1 atom stereocenters. The number of rotatable bonds is 7. The van der Waals surface area contributed by atoms with Gasteiger partial charge in [-0.15, -0.1) is 0 Å². The Hall–Kier alpha value is -2.47. The number of nitrogens with zero attached hydrogens (tertiary/aromatic N) is 4. The molecule has 1 aromatic carbocycles. The zero-order valence-corrected chi connectivity index (χ0v) is 17.0. The smallest absolute Gasteiger partial charge is 0.321 e. The van der Waals surface area contributed by atoms with Crippen molar-refractivity contribution < 1.29 is 9.53 Å². The lowest BCUT2D eigenvalue weighted by molar-refractivity contribution is -0.130. The highest BCUT2D eigenvalue weighted by atomic mass is 16.5. The van der Waals surface area contributed by atoms with Crippen molar-refractivity contribution in [3.8, 4) is 11.8 Å². The molecule has 6 nitrogen and oxygen atoms in total. The second-order valence-corrected chi connectivity index (χ2v) is 8.15. The van der Waals surface area contributed by atoms with E-state index < -0.39 is 0 Å². The summed E-state index contributed by atoms with van der Waals surface area (Å²) < 4.78 is 5.67. The Morgan fingerprint density at radius 1 is 1.03 bits per heavy atom. The summed E-state index contributed by atoms with van der Waals surface area (Å²) in [7, 11) is 0. The Labute approximate surface area is 172 Å². The third-order valence-corrected chi connectivity index (χ3v) is 5.91. The van der Waals surface area contributed by atoms with Gasteiger partial charge < -0.3 is 9.64 Å². The molecule has 1 aromatic heterocycles. The number of hydrogen-bond acceptors (Lipinski definition) is 5. The second kappa shape index (κ2) is 9.83. The van der Waals surface area contributed by atoms with Gasteiger partial charge in [0.1, 0.15) is 5.75 Å².